The molecular weight excluding hydrogens is 352 g/mol. The maximum Gasteiger partial charge on any atom is 0.243 e. The van der Waals surface area contributed by atoms with E-state index in [4.69, 9.17) is 16.9 Å². The van der Waals surface area contributed by atoms with Crippen LogP contribution >= 0.6 is 11.6 Å². The second-order valence-electron chi connectivity index (χ2n) is 5.87. The summed E-state index contributed by atoms with van der Waals surface area (Å²) in [5.41, 5.74) is 2.38. The summed E-state index contributed by atoms with van der Waals surface area (Å²) in [4.78, 5) is 25.9. The molecule has 2 aromatic carbocycles. The average Bonchev–Trinajstić information content (AvgIpc) is 3.06. The molecule has 0 unspecified atom stereocenters. The lowest BCUT2D eigenvalue weighted by Crippen LogP contribution is -2.26. The molecule has 1 heterocycles. The summed E-state index contributed by atoms with van der Waals surface area (Å²) in [5.74, 6) is -0.163. The Morgan fingerprint density at radius 3 is 2.77 bits per heavy atom. The minimum atomic E-state index is -0.256. The molecule has 2 aromatic rings. The average molecular weight is 369 g/mol. The number of benzene rings is 2. The maximum absolute atomic E-state index is 12.2. The lowest BCUT2D eigenvalue weighted by Gasteiger charge is -2.20. The molecule has 2 amide bonds. The number of rotatable bonds is 5. The minimum Gasteiger partial charge on any atom is -0.374 e. The minimum absolute atomic E-state index is 0.0384. The van der Waals surface area contributed by atoms with Gasteiger partial charge in [0.2, 0.25) is 11.8 Å². The molecule has 1 aliphatic rings. The lowest BCUT2D eigenvalue weighted by molar-refractivity contribution is -0.117. The summed E-state index contributed by atoms with van der Waals surface area (Å²) in [6.45, 7) is 0.726. The van der Waals surface area contributed by atoms with Crippen molar-refractivity contribution in [3.63, 3.8) is 0 Å². The van der Waals surface area contributed by atoms with Crippen LogP contribution in [-0.2, 0) is 9.59 Å². The van der Waals surface area contributed by atoms with Crippen molar-refractivity contribution in [1.29, 1.82) is 5.26 Å². The molecule has 1 saturated heterocycles. The fourth-order valence-corrected chi connectivity index (χ4v) is 3.05. The molecule has 0 spiro atoms. The maximum atomic E-state index is 12.2. The number of hydrogen-bond donors (Lipinski definition) is 2. The van der Waals surface area contributed by atoms with Crippen LogP contribution in [0.15, 0.2) is 42.5 Å². The number of para-hydroxylation sites is 2. The van der Waals surface area contributed by atoms with Gasteiger partial charge in [-0.3, -0.25) is 9.59 Å². The number of hydrogen-bond acceptors (Lipinski definition) is 4. The van der Waals surface area contributed by atoms with Gasteiger partial charge in [-0.25, -0.2) is 0 Å². The molecular formula is C19H17ClN4O2. The first-order chi connectivity index (χ1) is 12.6. The Balaban J connectivity index is 1.64. The second-order valence-corrected chi connectivity index (χ2v) is 6.28. The second kappa shape index (κ2) is 7.89. The topological polar surface area (TPSA) is 85.2 Å². The van der Waals surface area contributed by atoms with Crippen LogP contribution in [0.25, 0.3) is 0 Å². The highest BCUT2D eigenvalue weighted by Crippen LogP contribution is 2.29. The van der Waals surface area contributed by atoms with Gasteiger partial charge in [0.05, 0.1) is 28.5 Å². The number of carbonyl (C=O) groups excluding carboxylic acids is 2. The third-order valence-corrected chi connectivity index (χ3v) is 4.39. The Hall–Kier alpha value is -3.04. The third kappa shape index (κ3) is 3.95. The predicted octanol–water partition coefficient (Wildman–Crippen LogP) is 3.39. The van der Waals surface area contributed by atoms with E-state index < -0.39 is 0 Å². The Labute approximate surface area is 156 Å². The molecule has 0 bridgehead atoms. The van der Waals surface area contributed by atoms with Gasteiger partial charge in [0.1, 0.15) is 6.07 Å². The monoisotopic (exact) mass is 368 g/mol. The molecule has 6 nitrogen and oxygen atoms in total. The molecule has 3 rings (SSSR count). The van der Waals surface area contributed by atoms with Crippen molar-refractivity contribution in [1.82, 2.24) is 0 Å². The molecule has 26 heavy (non-hydrogen) atoms. The molecule has 2 N–H and O–H groups in total. The van der Waals surface area contributed by atoms with Crippen molar-refractivity contribution in [2.24, 2.45) is 0 Å². The van der Waals surface area contributed by atoms with E-state index in [0.29, 0.717) is 24.2 Å². The zero-order valence-corrected chi connectivity index (χ0v) is 14.7. The van der Waals surface area contributed by atoms with Crippen LogP contribution in [0.3, 0.4) is 0 Å². The van der Waals surface area contributed by atoms with Crippen molar-refractivity contribution in [2.45, 2.75) is 12.8 Å². The van der Waals surface area contributed by atoms with E-state index in [1.165, 1.54) is 6.07 Å². The largest absolute Gasteiger partial charge is 0.374 e. The first-order valence-electron chi connectivity index (χ1n) is 8.21. The van der Waals surface area contributed by atoms with E-state index in [-0.39, 0.29) is 23.4 Å². The SMILES string of the molecule is N#Cc1ccc(NC(=O)CNc2ccccc2N2CCCC2=O)cc1Cl. The fourth-order valence-electron chi connectivity index (χ4n) is 2.83. The van der Waals surface area contributed by atoms with Crippen LogP contribution in [0.4, 0.5) is 17.1 Å². The van der Waals surface area contributed by atoms with Gasteiger partial charge in [-0.1, -0.05) is 23.7 Å². The predicted molar refractivity (Wildman–Crippen MR) is 101 cm³/mol. The Morgan fingerprint density at radius 1 is 1.27 bits per heavy atom. The van der Waals surface area contributed by atoms with Crippen LogP contribution < -0.4 is 15.5 Å². The van der Waals surface area contributed by atoms with Gasteiger partial charge >= 0.3 is 0 Å². The summed E-state index contributed by atoms with van der Waals surface area (Å²) < 4.78 is 0. The van der Waals surface area contributed by atoms with Crippen molar-refractivity contribution in [3.05, 3.63) is 53.1 Å². The van der Waals surface area contributed by atoms with Crippen LogP contribution in [0.2, 0.25) is 5.02 Å². The molecule has 0 radical (unpaired) electrons. The van der Waals surface area contributed by atoms with E-state index in [2.05, 4.69) is 10.6 Å². The number of nitrogens with one attached hydrogen (secondary N) is 2. The molecule has 0 saturated carbocycles. The highest BCUT2D eigenvalue weighted by atomic mass is 35.5. The van der Waals surface area contributed by atoms with E-state index in [9.17, 15) is 9.59 Å². The first-order valence-corrected chi connectivity index (χ1v) is 8.59. The number of nitriles is 1. The summed E-state index contributed by atoms with van der Waals surface area (Å²) in [5, 5.41) is 15.0. The molecule has 7 heteroatoms. The summed E-state index contributed by atoms with van der Waals surface area (Å²) >= 11 is 5.97. The van der Waals surface area contributed by atoms with Crippen molar-refractivity contribution < 1.29 is 9.59 Å². The van der Waals surface area contributed by atoms with Crippen molar-refractivity contribution in [2.75, 3.05) is 28.6 Å². The number of amides is 2. The number of carbonyl (C=O) groups is 2. The Bertz CT molecular complexity index is 891. The van der Waals surface area contributed by atoms with Gasteiger partial charge in [-0.05, 0) is 36.8 Å². The van der Waals surface area contributed by atoms with Gasteiger partial charge in [0.25, 0.3) is 0 Å². The zero-order valence-electron chi connectivity index (χ0n) is 14.0. The molecule has 1 fully saturated rings. The normalized spacial score (nSPS) is 13.4. The smallest absolute Gasteiger partial charge is 0.243 e. The highest BCUT2D eigenvalue weighted by Gasteiger charge is 2.23. The molecule has 0 aliphatic carbocycles. The molecule has 0 atom stereocenters. The Kier molecular flexibility index (Phi) is 5.40. The molecule has 132 valence electrons. The number of anilines is 3. The fraction of sp³-hybridized carbons (Fsp3) is 0.211. The Morgan fingerprint density at radius 2 is 2.08 bits per heavy atom. The first kappa shape index (κ1) is 17.8. The van der Waals surface area contributed by atoms with Crippen molar-refractivity contribution >= 4 is 40.5 Å². The summed E-state index contributed by atoms with van der Waals surface area (Å²) in [6.07, 6.45) is 1.39. The zero-order chi connectivity index (χ0) is 18.5. The van der Waals surface area contributed by atoms with Crippen LogP contribution in [0.5, 0.6) is 0 Å². The summed E-state index contributed by atoms with van der Waals surface area (Å²) in [7, 11) is 0. The van der Waals surface area contributed by atoms with Gasteiger partial charge in [-0.2, -0.15) is 5.26 Å². The van der Waals surface area contributed by atoms with Gasteiger partial charge in [0, 0.05) is 18.7 Å². The van der Waals surface area contributed by atoms with E-state index in [1.54, 1.807) is 17.0 Å². The lowest BCUT2D eigenvalue weighted by atomic mass is 10.2. The number of nitrogens with zero attached hydrogens (tertiary/aromatic N) is 2. The third-order valence-electron chi connectivity index (χ3n) is 4.08. The number of halogens is 1. The van der Waals surface area contributed by atoms with E-state index >= 15 is 0 Å². The van der Waals surface area contributed by atoms with Gasteiger partial charge < -0.3 is 15.5 Å². The van der Waals surface area contributed by atoms with Gasteiger partial charge in [0.15, 0.2) is 0 Å². The van der Waals surface area contributed by atoms with Crippen LogP contribution in [0, 0.1) is 11.3 Å². The molecule has 1 aliphatic heterocycles. The summed E-state index contributed by atoms with van der Waals surface area (Å²) in [6, 6.07) is 14.1. The van der Waals surface area contributed by atoms with Crippen LogP contribution in [0.1, 0.15) is 18.4 Å². The van der Waals surface area contributed by atoms with E-state index in [0.717, 1.165) is 17.8 Å². The standard InChI is InChI=1S/C19H17ClN4O2/c20-15-10-14(8-7-13(15)11-21)23-18(25)12-22-16-4-1-2-5-17(16)24-9-3-6-19(24)26/h1-2,4-5,7-8,10,22H,3,6,9,12H2,(H,23,25). The van der Waals surface area contributed by atoms with Gasteiger partial charge in [-0.15, -0.1) is 0 Å². The van der Waals surface area contributed by atoms with E-state index in [1.807, 2.05) is 30.3 Å². The quantitative estimate of drug-likeness (QED) is 0.847. The highest BCUT2D eigenvalue weighted by molar-refractivity contribution is 6.32. The van der Waals surface area contributed by atoms with Crippen molar-refractivity contribution in [3.8, 4) is 6.07 Å². The van der Waals surface area contributed by atoms with Crippen LogP contribution in [-0.4, -0.2) is 24.9 Å². The molecule has 0 aromatic heterocycles.